The SMILES string of the molecule is COCCNc1ncnc(Nc2ccc(Cl)cc2C)c1[N+](=O)[O-]. The number of methoxy groups -OCH3 is 1. The van der Waals surface area contributed by atoms with Gasteiger partial charge >= 0.3 is 5.69 Å². The number of nitrogens with zero attached hydrogens (tertiary/aromatic N) is 3. The fourth-order valence-corrected chi connectivity index (χ4v) is 2.17. The largest absolute Gasteiger partial charge is 0.383 e. The molecule has 0 bridgehead atoms. The minimum atomic E-state index is -0.525. The Labute approximate surface area is 138 Å². The summed E-state index contributed by atoms with van der Waals surface area (Å²) in [6.45, 7) is 2.65. The van der Waals surface area contributed by atoms with Crippen molar-refractivity contribution in [3.8, 4) is 0 Å². The molecule has 122 valence electrons. The predicted molar refractivity (Wildman–Crippen MR) is 88.5 cm³/mol. The maximum absolute atomic E-state index is 11.4. The summed E-state index contributed by atoms with van der Waals surface area (Å²) in [4.78, 5) is 18.8. The third kappa shape index (κ3) is 4.27. The van der Waals surface area contributed by atoms with Crippen molar-refractivity contribution >= 4 is 34.6 Å². The third-order valence-electron chi connectivity index (χ3n) is 3.05. The highest BCUT2D eigenvalue weighted by atomic mass is 35.5. The summed E-state index contributed by atoms with van der Waals surface area (Å²) < 4.78 is 4.91. The predicted octanol–water partition coefficient (Wildman–Crippen LogP) is 3.15. The van der Waals surface area contributed by atoms with Gasteiger partial charge in [-0.2, -0.15) is 0 Å². The molecule has 1 aromatic carbocycles. The van der Waals surface area contributed by atoms with Crippen molar-refractivity contribution in [3.63, 3.8) is 0 Å². The Balaban J connectivity index is 2.33. The van der Waals surface area contributed by atoms with Crippen molar-refractivity contribution < 1.29 is 9.66 Å². The summed E-state index contributed by atoms with van der Waals surface area (Å²) >= 11 is 5.91. The summed E-state index contributed by atoms with van der Waals surface area (Å²) in [6, 6.07) is 5.19. The fraction of sp³-hybridized carbons (Fsp3) is 0.286. The molecule has 0 saturated heterocycles. The van der Waals surface area contributed by atoms with E-state index in [-0.39, 0.29) is 17.3 Å². The maximum Gasteiger partial charge on any atom is 0.353 e. The minimum absolute atomic E-state index is 0.107. The fourth-order valence-electron chi connectivity index (χ4n) is 1.94. The Morgan fingerprint density at radius 1 is 1.35 bits per heavy atom. The third-order valence-corrected chi connectivity index (χ3v) is 3.28. The molecule has 2 N–H and O–H groups in total. The smallest absolute Gasteiger partial charge is 0.353 e. The molecule has 1 heterocycles. The first-order valence-corrected chi connectivity index (χ1v) is 7.16. The second-order valence-electron chi connectivity index (χ2n) is 4.68. The van der Waals surface area contributed by atoms with E-state index in [1.54, 1.807) is 25.3 Å². The summed E-state index contributed by atoms with van der Waals surface area (Å²) in [5.74, 6) is 0.242. The van der Waals surface area contributed by atoms with Crippen LogP contribution in [-0.2, 0) is 4.74 Å². The van der Waals surface area contributed by atoms with Crippen LogP contribution in [-0.4, -0.2) is 35.2 Å². The number of hydrogen-bond acceptors (Lipinski definition) is 7. The maximum atomic E-state index is 11.4. The molecule has 9 heteroatoms. The van der Waals surface area contributed by atoms with Crippen LogP contribution in [0.3, 0.4) is 0 Å². The monoisotopic (exact) mass is 337 g/mol. The van der Waals surface area contributed by atoms with E-state index in [1.165, 1.54) is 6.33 Å². The molecule has 0 saturated carbocycles. The quantitative estimate of drug-likeness (QED) is 0.454. The summed E-state index contributed by atoms with van der Waals surface area (Å²) in [5, 5.41) is 17.8. The number of aryl methyl sites for hydroxylation is 1. The van der Waals surface area contributed by atoms with Crippen molar-refractivity contribution in [1.29, 1.82) is 0 Å². The summed E-state index contributed by atoms with van der Waals surface area (Å²) in [6.07, 6.45) is 1.26. The van der Waals surface area contributed by atoms with Crippen molar-refractivity contribution in [2.75, 3.05) is 30.9 Å². The molecule has 0 aliphatic carbocycles. The molecule has 0 aliphatic rings. The number of nitrogens with one attached hydrogen (secondary N) is 2. The Hall–Kier alpha value is -2.45. The zero-order valence-electron chi connectivity index (χ0n) is 12.7. The Morgan fingerprint density at radius 2 is 2.09 bits per heavy atom. The number of anilines is 3. The standard InChI is InChI=1S/C14H16ClN5O3/c1-9-7-10(15)3-4-11(9)19-14-12(20(21)22)13(17-8-18-14)16-5-6-23-2/h3-4,7-8H,5-6H2,1-2H3,(H2,16,17,18,19). The summed E-state index contributed by atoms with van der Waals surface area (Å²) in [5.41, 5.74) is 1.30. The number of nitro groups is 1. The normalized spacial score (nSPS) is 10.4. The molecule has 0 unspecified atom stereocenters. The van der Waals surface area contributed by atoms with Crippen LogP contribution in [0.15, 0.2) is 24.5 Å². The van der Waals surface area contributed by atoms with E-state index < -0.39 is 4.92 Å². The van der Waals surface area contributed by atoms with Gasteiger partial charge in [-0.05, 0) is 30.7 Å². The van der Waals surface area contributed by atoms with Gasteiger partial charge < -0.3 is 15.4 Å². The van der Waals surface area contributed by atoms with E-state index in [9.17, 15) is 10.1 Å². The van der Waals surface area contributed by atoms with Gasteiger partial charge in [0.25, 0.3) is 0 Å². The molecule has 0 aliphatic heterocycles. The molecular formula is C14H16ClN5O3. The Kier molecular flexibility index (Phi) is 5.67. The van der Waals surface area contributed by atoms with Gasteiger partial charge in [-0.3, -0.25) is 10.1 Å². The van der Waals surface area contributed by atoms with E-state index in [1.807, 2.05) is 6.92 Å². The van der Waals surface area contributed by atoms with Crippen LogP contribution in [0.1, 0.15) is 5.56 Å². The minimum Gasteiger partial charge on any atom is -0.383 e. The lowest BCUT2D eigenvalue weighted by Crippen LogP contribution is -2.12. The molecule has 8 nitrogen and oxygen atoms in total. The first kappa shape index (κ1) is 16.9. The van der Waals surface area contributed by atoms with Gasteiger partial charge in [0.15, 0.2) is 0 Å². The van der Waals surface area contributed by atoms with Crippen molar-refractivity contribution in [3.05, 3.63) is 45.2 Å². The Bertz CT molecular complexity index is 711. The van der Waals surface area contributed by atoms with Crippen LogP contribution in [0.25, 0.3) is 0 Å². The van der Waals surface area contributed by atoms with Crippen molar-refractivity contribution in [1.82, 2.24) is 9.97 Å². The average Bonchev–Trinajstić information content (AvgIpc) is 2.50. The zero-order chi connectivity index (χ0) is 16.8. The molecule has 1 aromatic heterocycles. The number of hydrogen-bond donors (Lipinski definition) is 2. The molecule has 23 heavy (non-hydrogen) atoms. The topological polar surface area (TPSA) is 102 Å². The van der Waals surface area contributed by atoms with E-state index in [2.05, 4.69) is 20.6 Å². The van der Waals surface area contributed by atoms with E-state index in [0.29, 0.717) is 23.9 Å². The van der Waals surface area contributed by atoms with Gasteiger partial charge in [0.2, 0.25) is 11.6 Å². The van der Waals surface area contributed by atoms with Crippen molar-refractivity contribution in [2.45, 2.75) is 6.92 Å². The van der Waals surface area contributed by atoms with Crippen molar-refractivity contribution in [2.24, 2.45) is 0 Å². The highest BCUT2D eigenvalue weighted by Gasteiger charge is 2.23. The molecule has 2 rings (SSSR count). The first-order chi connectivity index (χ1) is 11.0. The van der Waals surface area contributed by atoms with Crippen LogP contribution in [0.5, 0.6) is 0 Å². The van der Waals surface area contributed by atoms with Gasteiger partial charge in [0, 0.05) is 24.4 Å². The highest BCUT2D eigenvalue weighted by molar-refractivity contribution is 6.30. The van der Waals surface area contributed by atoms with Crippen LogP contribution in [0, 0.1) is 17.0 Å². The lowest BCUT2D eigenvalue weighted by atomic mass is 10.2. The lowest BCUT2D eigenvalue weighted by Gasteiger charge is -2.11. The van der Waals surface area contributed by atoms with Crippen LogP contribution >= 0.6 is 11.6 Å². The van der Waals surface area contributed by atoms with E-state index in [4.69, 9.17) is 16.3 Å². The summed E-state index contributed by atoms with van der Waals surface area (Å²) in [7, 11) is 1.55. The van der Waals surface area contributed by atoms with Crippen LogP contribution in [0.4, 0.5) is 23.0 Å². The molecule has 0 radical (unpaired) electrons. The van der Waals surface area contributed by atoms with E-state index >= 15 is 0 Å². The molecule has 0 amide bonds. The lowest BCUT2D eigenvalue weighted by molar-refractivity contribution is -0.383. The molecular weight excluding hydrogens is 322 g/mol. The number of benzene rings is 1. The number of ether oxygens (including phenoxy) is 1. The van der Waals surface area contributed by atoms with Crippen LogP contribution < -0.4 is 10.6 Å². The van der Waals surface area contributed by atoms with E-state index in [0.717, 1.165) is 5.56 Å². The molecule has 0 fully saturated rings. The molecule has 2 aromatic rings. The van der Waals surface area contributed by atoms with Gasteiger partial charge in [0.1, 0.15) is 6.33 Å². The highest BCUT2D eigenvalue weighted by Crippen LogP contribution is 2.32. The average molecular weight is 338 g/mol. The molecule has 0 spiro atoms. The first-order valence-electron chi connectivity index (χ1n) is 6.78. The number of rotatable bonds is 7. The Morgan fingerprint density at radius 3 is 2.74 bits per heavy atom. The second kappa shape index (κ2) is 7.70. The molecule has 0 atom stereocenters. The van der Waals surface area contributed by atoms with Gasteiger partial charge in [-0.25, -0.2) is 9.97 Å². The number of aromatic nitrogens is 2. The number of halogens is 1. The zero-order valence-corrected chi connectivity index (χ0v) is 13.4. The van der Waals surface area contributed by atoms with Gasteiger partial charge in [0.05, 0.1) is 11.5 Å². The van der Waals surface area contributed by atoms with Crippen LogP contribution in [0.2, 0.25) is 5.02 Å². The van der Waals surface area contributed by atoms with Gasteiger partial charge in [-0.15, -0.1) is 0 Å². The second-order valence-corrected chi connectivity index (χ2v) is 5.12. The van der Waals surface area contributed by atoms with Gasteiger partial charge in [-0.1, -0.05) is 11.6 Å².